The molecule has 1 fully saturated rings. The van der Waals surface area contributed by atoms with Crippen LogP contribution in [0.2, 0.25) is 0 Å². The van der Waals surface area contributed by atoms with Crippen LogP contribution in [0.3, 0.4) is 0 Å². The van der Waals surface area contributed by atoms with E-state index in [1.165, 1.54) is 30.3 Å². The van der Waals surface area contributed by atoms with E-state index in [4.69, 9.17) is 5.11 Å². The summed E-state index contributed by atoms with van der Waals surface area (Å²) in [7, 11) is 0. The number of thioether (sulfide) groups is 1. The summed E-state index contributed by atoms with van der Waals surface area (Å²) < 4.78 is 2.26. The van der Waals surface area contributed by atoms with Crippen LogP contribution in [0.25, 0.3) is 0 Å². The fourth-order valence-corrected chi connectivity index (χ4v) is 3.33. The highest BCUT2D eigenvalue weighted by atomic mass is 32.2. The summed E-state index contributed by atoms with van der Waals surface area (Å²) in [6.45, 7) is 9.86. The van der Waals surface area contributed by atoms with E-state index in [0.717, 1.165) is 11.7 Å². The van der Waals surface area contributed by atoms with Crippen molar-refractivity contribution < 1.29 is 9.90 Å². The van der Waals surface area contributed by atoms with E-state index in [1.807, 2.05) is 6.20 Å². The standard InChI is InChI=1S/C15H24N2O2S/c1-10(2)12-7-16-14(20-8-13(18)19)17(12)9-15(5-6-15)11(3)4/h7,10-11H,5-6,8-9H2,1-4H3,(H,18,19). The van der Waals surface area contributed by atoms with Gasteiger partial charge in [0, 0.05) is 18.4 Å². The molecule has 2 rings (SSSR count). The second-order valence-electron chi connectivity index (χ2n) is 6.41. The summed E-state index contributed by atoms with van der Waals surface area (Å²) in [5.74, 6) is 0.343. The smallest absolute Gasteiger partial charge is 0.313 e. The lowest BCUT2D eigenvalue weighted by Crippen LogP contribution is -2.20. The normalized spacial score (nSPS) is 16.9. The molecule has 20 heavy (non-hydrogen) atoms. The van der Waals surface area contributed by atoms with Gasteiger partial charge in [-0.05, 0) is 30.1 Å². The summed E-state index contributed by atoms with van der Waals surface area (Å²) >= 11 is 1.33. The average molecular weight is 296 g/mol. The molecular weight excluding hydrogens is 272 g/mol. The maximum Gasteiger partial charge on any atom is 0.313 e. The van der Waals surface area contributed by atoms with Crippen molar-refractivity contribution in [3.8, 4) is 0 Å². The Morgan fingerprint density at radius 3 is 2.55 bits per heavy atom. The number of hydrogen-bond acceptors (Lipinski definition) is 3. The molecule has 1 aromatic rings. The van der Waals surface area contributed by atoms with Crippen LogP contribution in [-0.4, -0.2) is 26.4 Å². The van der Waals surface area contributed by atoms with Crippen molar-refractivity contribution in [2.24, 2.45) is 11.3 Å². The maximum atomic E-state index is 10.8. The molecule has 0 amide bonds. The maximum absolute atomic E-state index is 10.8. The Kier molecular flexibility index (Phi) is 4.47. The fourth-order valence-electron chi connectivity index (χ4n) is 2.63. The molecule has 112 valence electrons. The van der Waals surface area contributed by atoms with Gasteiger partial charge in [-0.3, -0.25) is 4.79 Å². The second-order valence-corrected chi connectivity index (χ2v) is 7.35. The van der Waals surface area contributed by atoms with Crippen molar-refractivity contribution in [2.75, 3.05) is 5.75 Å². The van der Waals surface area contributed by atoms with Gasteiger partial charge in [0.15, 0.2) is 5.16 Å². The van der Waals surface area contributed by atoms with Gasteiger partial charge < -0.3 is 9.67 Å². The lowest BCUT2D eigenvalue weighted by molar-refractivity contribution is -0.133. The average Bonchev–Trinajstić information content (AvgIpc) is 3.02. The number of hydrogen-bond donors (Lipinski definition) is 1. The van der Waals surface area contributed by atoms with E-state index in [0.29, 0.717) is 17.3 Å². The van der Waals surface area contributed by atoms with E-state index in [1.54, 1.807) is 0 Å². The predicted molar refractivity (Wildman–Crippen MR) is 81.2 cm³/mol. The predicted octanol–water partition coefficient (Wildman–Crippen LogP) is 3.62. The van der Waals surface area contributed by atoms with Crippen molar-refractivity contribution in [3.63, 3.8) is 0 Å². The molecule has 0 bridgehead atoms. The van der Waals surface area contributed by atoms with Crippen LogP contribution in [0.15, 0.2) is 11.4 Å². The molecule has 4 nitrogen and oxygen atoms in total. The molecule has 1 heterocycles. The van der Waals surface area contributed by atoms with Gasteiger partial charge >= 0.3 is 5.97 Å². The Morgan fingerprint density at radius 2 is 2.10 bits per heavy atom. The van der Waals surface area contributed by atoms with E-state index >= 15 is 0 Å². The Balaban J connectivity index is 2.23. The number of carboxylic acids is 1. The summed E-state index contributed by atoms with van der Waals surface area (Å²) in [6, 6.07) is 0. The van der Waals surface area contributed by atoms with Crippen molar-refractivity contribution in [2.45, 2.75) is 58.2 Å². The number of aromatic nitrogens is 2. The monoisotopic (exact) mass is 296 g/mol. The third-order valence-corrected chi connectivity index (χ3v) is 5.33. The number of carbonyl (C=O) groups is 1. The van der Waals surface area contributed by atoms with Gasteiger partial charge in [-0.1, -0.05) is 39.5 Å². The van der Waals surface area contributed by atoms with Crippen LogP contribution in [0.1, 0.15) is 52.1 Å². The van der Waals surface area contributed by atoms with Crippen LogP contribution in [-0.2, 0) is 11.3 Å². The molecule has 0 unspecified atom stereocenters. The highest BCUT2D eigenvalue weighted by molar-refractivity contribution is 7.99. The zero-order valence-electron chi connectivity index (χ0n) is 12.7. The third kappa shape index (κ3) is 3.19. The van der Waals surface area contributed by atoms with E-state index in [2.05, 4.69) is 37.2 Å². The van der Waals surface area contributed by atoms with Crippen LogP contribution >= 0.6 is 11.8 Å². The molecule has 5 heteroatoms. The van der Waals surface area contributed by atoms with Gasteiger partial charge in [-0.2, -0.15) is 0 Å². The summed E-state index contributed by atoms with van der Waals surface area (Å²) in [6.07, 6.45) is 4.44. The molecule has 1 aromatic heterocycles. The van der Waals surface area contributed by atoms with Crippen molar-refractivity contribution in [1.82, 2.24) is 9.55 Å². The zero-order valence-corrected chi connectivity index (χ0v) is 13.5. The Labute approximate surface area is 125 Å². The van der Waals surface area contributed by atoms with Gasteiger partial charge in [0.1, 0.15) is 0 Å². The minimum Gasteiger partial charge on any atom is -0.481 e. The van der Waals surface area contributed by atoms with E-state index in [9.17, 15) is 4.79 Å². The molecule has 1 saturated carbocycles. The fraction of sp³-hybridized carbons (Fsp3) is 0.733. The molecule has 0 saturated heterocycles. The summed E-state index contributed by atoms with van der Waals surface area (Å²) in [5.41, 5.74) is 1.60. The first-order chi connectivity index (χ1) is 9.35. The Hall–Kier alpha value is -0.970. The first kappa shape index (κ1) is 15.4. The summed E-state index contributed by atoms with van der Waals surface area (Å²) in [5, 5.41) is 9.71. The minimum absolute atomic E-state index is 0.0726. The molecular formula is C15H24N2O2S. The second kappa shape index (κ2) is 5.80. The van der Waals surface area contributed by atoms with Crippen LogP contribution in [0.5, 0.6) is 0 Å². The number of imidazole rings is 1. The van der Waals surface area contributed by atoms with Crippen molar-refractivity contribution >= 4 is 17.7 Å². The number of nitrogens with zero attached hydrogens (tertiary/aromatic N) is 2. The SMILES string of the molecule is CC(C)c1cnc(SCC(=O)O)n1CC1(C(C)C)CC1. The first-order valence-electron chi connectivity index (χ1n) is 7.26. The van der Waals surface area contributed by atoms with Gasteiger partial charge in [0.2, 0.25) is 0 Å². The third-order valence-electron chi connectivity index (χ3n) is 4.36. The molecule has 0 radical (unpaired) electrons. The van der Waals surface area contributed by atoms with Crippen LogP contribution < -0.4 is 0 Å². The molecule has 0 spiro atoms. The number of aliphatic carboxylic acids is 1. The van der Waals surface area contributed by atoms with Crippen molar-refractivity contribution in [1.29, 1.82) is 0 Å². The number of rotatable bonds is 7. The minimum atomic E-state index is -0.791. The Bertz CT molecular complexity index is 490. The van der Waals surface area contributed by atoms with Gasteiger partial charge in [-0.15, -0.1) is 0 Å². The van der Waals surface area contributed by atoms with Gasteiger partial charge in [-0.25, -0.2) is 4.98 Å². The van der Waals surface area contributed by atoms with Crippen molar-refractivity contribution in [3.05, 3.63) is 11.9 Å². The molecule has 0 atom stereocenters. The molecule has 0 aliphatic heterocycles. The largest absolute Gasteiger partial charge is 0.481 e. The highest BCUT2D eigenvalue weighted by Crippen LogP contribution is 2.53. The van der Waals surface area contributed by atoms with Crippen LogP contribution in [0, 0.1) is 11.3 Å². The lowest BCUT2D eigenvalue weighted by atomic mass is 9.92. The van der Waals surface area contributed by atoms with E-state index in [-0.39, 0.29) is 5.75 Å². The van der Waals surface area contributed by atoms with Gasteiger partial charge in [0.05, 0.1) is 5.75 Å². The van der Waals surface area contributed by atoms with E-state index < -0.39 is 5.97 Å². The number of carboxylic acid groups (broad SMARTS) is 1. The van der Waals surface area contributed by atoms with Gasteiger partial charge in [0.25, 0.3) is 0 Å². The molecule has 1 N–H and O–H groups in total. The Morgan fingerprint density at radius 1 is 1.45 bits per heavy atom. The highest BCUT2D eigenvalue weighted by Gasteiger charge is 2.46. The quantitative estimate of drug-likeness (QED) is 0.781. The topological polar surface area (TPSA) is 55.1 Å². The molecule has 1 aliphatic carbocycles. The van der Waals surface area contributed by atoms with Crippen LogP contribution in [0.4, 0.5) is 0 Å². The lowest BCUT2D eigenvalue weighted by Gasteiger charge is -2.23. The molecule has 0 aromatic carbocycles. The first-order valence-corrected chi connectivity index (χ1v) is 8.24. The zero-order chi connectivity index (χ0) is 14.9. The molecule has 1 aliphatic rings. The summed E-state index contributed by atoms with van der Waals surface area (Å²) in [4.78, 5) is 15.2.